The van der Waals surface area contributed by atoms with Crippen molar-refractivity contribution in [2.45, 2.75) is 32.1 Å². The van der Waals surface area contributed by atoms with E-state index >= 15 is 0 Å². The van der Waals surface area contributed by atoms with Crippen molar-refractivity contribution in [3.63, 3.8) is 0 Å². The third kappa shape index (κ3) is 4.43. The number of ether oxygens (including phenoxy) is 1. The highest BCUT2D eigenvalue weighted by atomic mass is 35.5. The van der Waals surface area contributed by atoms with Crippen molar-refractivity contribution in [1.29, 1.82) is 0 Å². The van der Waals surface area contributed by atoms with Crippen molar-refractivity contribution in [2.75, 3.05) is 7.11 Å². The number of carbonyl (C=O) groups is 2. The van der Waals surface area contributed by atoms with E-state index in [1.54, 1.807) is 6.07 Å². The van der Waals surface area contributed by atoms with E-state index in [1.807, 2.05) is 18.2 Å². The average Bonchev–Trinajstić information content (AvgIpc) is 2.51. The molecule has 0 spiro atoms. The lowest BCUT2D eigenvalue weighted by molar-refractivity contribution is -0.155. The Morgan fingerprint density at radius 3 is 2.48 bits per heavy atom. The summed E-state index contributed by atoms with van der Waals surface area (Å²) in [5.74, 6) is 0.00518. The lowest BCUT2D eigenvalue weighted by Crippen LogP contribution is -2.38. The van der Waals surface area contributed by atoms with E-state index in [1.165, 1.54) is 7.11 Å². The van der Waals surface area contributed by atoms with Crippen LogP contribution in [0.25, 0.3) is 0 Å². The normalized spacial score (nSPS) is 16.6. The molecule has 1 aromatic rings. The molecule has 0 bridgehead atoms. The lowest BCUT2D eigenvalue weighted by Gasteiger charge is -2.34. The summed E-state index contributed by atoms with van der Waals surface area (Å²) in [4.78, 5) is 23.5. The van der Waals surface area contributed by atoms with Crippen LogP contribution in [0.4, 0.5) is 0 Å². The minimum Gasteiger partial charge on any atom is -0.469 e. The van der Waals surface area contributed by atoms with Crippen LogP contribution >= 0.6 is 11.6 Å². The summed E-state index contributed by atoms with van der Waals surface area (Å²) in [6.07, 6.45) is 2.61. The minimum atomic E-state index is -0.576. The molecule has 21 heavy (non-hydrogen) atoms. The maximum atomic E-state index is 12.1. The molecule has 1 fully saturated rings. The smallest absolute Gasteiger partial charge is 0.312 e. The van der Waals surface area contributed by atoms with Gasteiger partial charge in [0.05, 0.1) is 12.5 Å². The summed E-state index contributed by atoms with van der Waals surface area (Å²) in [5, 5.41) is 0.657. The molecule has 0 unspecified atom stereocenters. The number of hydrogen-bond acceptors (Lipinski definition) is 3. The van der Waals surface area contributed by atoms with Gasteiger partial charge in [-0.2, -0.15) is 0 Å². The van der Waals surface area contributed by atoms with Gasteiger partial charge in [-0.25, -0.2) is 0 Å². The summed E-state index contributed by atoms with van der Waals surface area (Å²) < 4.78 is 4.95. The average molecular weight is 309 g/mol. The molecule has 4 heteroatoms. The van der Waals surface area contributed by atoms with Gasteiger partial charge in [0.2, 0.25) is 0 Å². The van der Waals surface area contributed by atoms with Gasteiger partial charge in [-0.3, -0.25) is 9.59 Å². The van der Waals surface area contributed by atoms with Crippen LogP contribution < -0.4 is 0 Å². The largest absolute Gasteiger partial charge is 0.469 e. The van der Waals surface area contributed by atoms with E-state index in [2.05, 4.69) is 13.2 Å². The summed E-state index contributed by atoms with van der Waals surface area (Å²) in [7, 11) is 1.40. The number of carbonyl (C=O) groups excluding carboxylic acids is 2. The zero-order valence-corrected chi connectivity index (χ0v) is 13.1. The zero-order chi connectivity index (χ0) is 15.9. The fourth-order valence-electron chi connectivity index (χ4n) is 2.71. The van der Waals surface area contributed by atoms with Crippen molar-refractivity contribution in [3.05, 3.63) is 48.0 Å². The second kappa shape index (κ2) is 7.99. The molecule has 0 aromatic heterocycles. The number of hydrogen-bond donors (Lipinski definition) is 0. The van der Waals surface area contributed by atoms with E-state index < -0.39 is 5.41 Å². The molecule has 0 N–H and O–H groups in total. The molecular weight excluding hydrogens is 288 g/mol. The molecule has 2 rings (SSSR count). The molecule has 1 aliphatic rings. The predicted octanol–water partition coefficient (Wildman–Crippen LogP) is 3.99. The standard InChI is InChI=1S/C15H17ClO3.C2H4/c1-19-14(18)15(7-5-13(17)6-8-15)10-11-3-2-4-12(16)9-11;1-2/h2-4,9H,5-8,10H2,1H3;1-2H2. The molecule has 1 aliphatic carbocycles. The Morgan fingerprint density at radius 1 is 1.33 bits per heavy atom. The SMILES string of the molecule is C=C.COC(=O)C1(Cc2cccc(Cl)c2)CCC(=O)CC1. The Bertz CT molecular complexity index is 501. The van der Waals surface area contributed by atoms with Crippen LogP contribution in [0.5, 0.6) is 0 Å². The van der Waals surface area contributed by atoms with Crippen LogP contribution in [0, 0.1) is 5.41 Å². The first-order valence-electron chi connectivity index (χ1n) is 6.90. The topological polar surface area (TPSA) is 43.4 Å². The van der Waals surface area contributed by atoms with E-state index in [0.29, 0.717) is 37.1 Å². The molecule has 0 atom stereocenters. The maximum absolute atomic E-state index is 12.1. The first-order chi connectivity index (χ1) is 10.1. The van der Waals surface area contributed by atoms with Gasteiger partial charge in [0.25, 0.3) is 0 Å². The molecule has 0 amide bonds. The third-order valence-electron chi connectivity index (χ3n) is 3.81. The van der Waals surface area contributed by atoms with Crippen molar-refractivity contribution in [1.82, 2.24) is 0 Å². The second-order valence-corrected chi connectivity index (χ2v) is 5.55. The molecule has 0 heterocycles. The zero-order valence-electron chi connectivity index (χ0n) is 12.4. The summed E-state index contributed by atoms with van der Waals surface area (Å²) in [6, 6.07) is 7.49. The highest BCUT2D eigenvalue weighted by Crippen LogP contribution is 2.39. The number of methoxy groups -OCH3 is 1. The van der Waals surface area contributed by atoms with E-state index in [0.717, 1.165) is 5.56 Å². The highest BCUT2D eigenvalue weighted by Gasteiger charge is 2.42. The number of ketones is 1. The van der Waals surface area contributed by atoms with Crippen LogP contribution in [-0.4, -0.2) is 18.9 Å². The van der Waals surface area contributed by atoms with Gasteiger partial charge in [0.1, 0.15) is 5.78 Å². The highest BCUT2D eigenvalue weighted by molar-refractivity contribution is 6.30. The Morgan fingerprint density at radius 2 is 1.95 bits per heavy atom. The van der Waals surface area contributed by atoms with Crippen LogP contribution in [0.3, 0.4) is 0 Å². The monoisotopic (exact) mass is 308 g/mol. The van der Waals surface area contributed by atoms with Crippen LogP contribution in [0.2, 0.25) is 5.02 Å². The predicted molar refractivity (Wildman–Crippen MR) is 84.3 cm³/mol. The first-order valence-corrected chi connectivity index (χ1v) is 7.28. The van der Waals surface area contributed by atoms with Crippen LogP contribution in [-0.2, 0) is 20.7 Å². The number of rotatable bonds is 3. The third-order valence-corrected chi connectivity index (χ3v) is 4.05. The number of benzene rings is 1. The fourth-order valence-corrected chi connectivity index (χ4v) is 2.93. The van der Waals surface area contributed by atoms with Crippen LogP contribution in [0.1, 0.15) is 31.2 Å². The van der Waals surface area contributed by atoms with Crippen molar-refractivity contribution < 1.29 is 14.3 Å². The summed E-state index contributed by atoms with van der Waals surface area (Å²) in [6.45, 7) is 6.00. The Hall–Kier alpha value is -1.61. The molecule has 0 saturated heterocycles. The van der Waals surface area contributed by atoms with E-state index in [9.17, 15) is 9.59 Å². The Balaban J connectivity index is 0.00000106. The molecule has 1 aromatic carbocycles. The Labute approximate surface area is 130 Å². The lowest BCUT2D eigenvalue weighted by atomic mass is 9.70. The maximum Gasteiger partial charge on any atom is 0.312 e. The van der Waals surface area contributed by atoms with Gasteiger partial charge < -0.3 is 4.74 Å². The van der Waals surface area contributed by atoms with Gasteiger partial charge >= 0.3 is 5.97 Å². The number of esters is 1. The molecule has 3 nitrogen and oxygen atoms in total. The minimum absolute atomic E-state index is 0.222. The van der Waals surface area contributed by atoms with Crippen molar-refractivity contribution in [3.8, 4) is 0 Å². The first kappa shape index (κ1) is 17.4. The van der Waals surface area contributed by atoms with E-state index in [4.69, 9.17) is 16.3 Å². The fraction of sp³-hybridized carbons (Fsp3) is 0.412. The molecule has 0 aliphatic heterocycles. The van der Waals surface area contributed by atoms with Gasteiger partial charge in [-0.05, 0) is 37.0 Å². The van der Waals surface area contributed by atoms with Gasteiger partial charge in [-0.1, -0.05) is 23.7 Å². The molecular formula is C17H21ClO3. The summed E-state index contributed by atoms with van der Waals surface area (Å²) in [5.41, 5.74) is 0.431. The second-order valence-electron chi connectivity index (χ2n) is 5.12. The van der Waals surface area contributed by atoms with E-state index in [-0.39, 0.29) is 11.8 Å². The molecule has 1 saturated carbocycles. The number of halogens is 1. The summed E-state index contributed by atoms with van der Waals surface area (Å²) >= 11 is 5.97. The van der Waals surface area contributed by atoms with Gasteiger partial charge in [0, 0.05) is 17.9 Å². The quantitative estimate of drug-likeness (QED) is 0.626. The van der Waals surface area contributed by atoms with Gasteiger partial charge in [-0.15, -0.1) is 13.2 Å². The van der Waals surface area contributed by atoms with Gasteiger partial charge in [0.15, 0.2) is 0 Å². The molecule has 0 radical (unpaired) electrons. The molecule has 114 valence electrons. The Kier molecular flexibility index (Phi) is 6.63. The van der Waals surface area contributed by atoms with Crippen molar-refractivity contribution in [2.24, 2.45) is 5.41 Å². The van der Waals surface area contributed by atoms with Crippen LogP contribution in [0.15, 0.2) is 37.4 Å². The number of Topliss-reactive ketones (excluding diaryl/α,β-unsaturated/α-hetero) is 1. The van der Waals surface area contributed by atoms with Crippen molar-refractivity contribution >= 4 is 23.4 Å².